The molecule has 0 aliphatic carbocycles. The molecular formula is C26H31N3O3. The average Bonchev–Trinajstić information content (AvgIpc) is 3.20. The van der Waals surface area contributed by atoms with Crippen LogP contribution < -0.4 is 10.1 Å². The van der Waals surface area contributed by atoms with Crippen LogP contribution in [0.1, 0.15) is 59.6 Å². The zero-order valence-electron chi connectivity index (χ0n) is 18.7. The molecule has 3 aliphatic rings. The highest BCUT2D eigenvalue weighted by Crippen LogP contribution is 2.44. The van der Waals surface area contributed by atoms with E-state index in [-0.39, 0.29) is 23.5 Å². The molecule has 1 unspecified atom stereocenters. The van der Waals surface area contributed by atoms with Crippen molar-refractivity contribution >= 4 is 11.8 Å². The number of hydrogen-bond acceptors (Lipinski definition) is 4. The number of rotatable bonds is 4. The van der Waals surface area contributed by atoms with E-state index in [4.69, 9.17) is 4.74 Å². The smallest absolute Gasteiger partial charge is 0.251 e. The molecule has 0 aromatic heterocycles. The van der Waals surface area contributed by atoms with E-state index in [1.54, 1.807) is 0 Å². The van der Waals surface area contributed by atoms with E-state index < -0.39 is 0 Å². The molecule has 6 nitrogen and oxygen atoms in total. The Morgan fingerprint density at radius 2 is 1.94 bits per heavy atom. The maximum absolute atomic E-state index is 13.3. The van der Waals surface area contributed by atoms with Crippen molar-refractivity contribution in [2.45, 2.75) is 50.3 Å². The van der Waals surface area contributed by atoms with E-state index in [1.807, 2.05) is 47.4 Å². The summed E-state index contributed by atoms with van der Waals surface area (Å²) < 4.78 is 6.51. The van der Waals surface area contributed by atoms with Crippen LogP contribution >= 0.6 is 0 Å². The molecule has 32 heavy (non-hydrogen) atoms. The molecule has 2 fully saturated rings. The third-order valence-electron chi connectivity index (χ3n) is 7.13. The zero-order valence-corrected chi connectivity index (χ0v) is 18.7. The molecule has 2 aromatic rings. The largest absolute Gasteiger partial charge is 0.487 e. The lowest BCUT2D eigenvalue weighted by Crippen LogP contribution is -2.51. The Balaban J connectivity index is 1.34. The van der Waals surface area contributed by atoms with Gasteiger partial charge in [0.25, 0.3) is 5.91 Å². The summed E-state index contributed by atoms with van der Waals surface area (Å²) in [6, 6.07) is 15.6. The number of carbonyl (C=O) groups is 2. The van der Waals surface area contributed by atoms with Crippen LogP contribution in [0.4, 0.5) is 0 Å². The van der Waals surface area contributed by atoms with E-state index >= 15 is 0 Å². The quantitative estimate of drug-likeness (QED) is 0.801. The first kappa shape index (κ1) is 21.0. The fourth-order valence-electron chi connectivity index (χ4n) is 5.22. The molecule has 168 valence electrons. The second-order valence-electron chi connectivity index (χ2n) is 9.48. The molecule has 2 saturated heterocycles. The van der Waals surface area contributed by atoms with Gasteiger partial charge in [0.2, 0.25) is 5.91 Å². The Labute approximate surface area is 189 Å². The van der Waals surface area contributed by atoms with Crippen LogP contribution in [0, 0.1) is 0 Å². The van der Waals surface area contributed by atoms with Gasteiger partial charge in [-0.05, 0) is 50.1 Å². The molecule has 2 aromatic carbocycles. The Hall–Kier alpha value is -2.86. The van der Waals surface area contributed by atoms with E-state index in [9.17, 15) is 9.59 Å². The Morgan fingerprint density at radius 3 is 2.72 bits per heavy atom. The third kappa shape index (κ3) is 4.24. The fourth-order valence-corrected chi connectivity index (χ4v) is 5.22. The molecular weight excluding hydrogens is 402 g/mol. The minimum atomic E-state index is -0.225. The predicted molar refractivity (Wildman–Crippen MR) is 122 cm³/mol. The Bertz CT molecular complexity index is 1010. The number of nitrogens with one attached hydrogen (secondary N) is 1. The number of ether oxygens (including phenoxy) is 1. The molecule has 3 aliphatic heterocycles. The summed E-state index contributed by atoms with van der Waals surface area (Å²) in [5.74, 6) is 1.00. The summed E-state index contributed by atoms with van der Waals surface area (Å²) in [5, 5.41) is 3.29. The SMILES string of the molecule is CN1CCC2(CC1)CC(NC(=O)c1cccc(CN3CCCC3=O)c1)c1ccccc1O2. The van der Waals surface area contributed by atoms with Gasteiger partial charge in [0.1, 0.15) is 11.4 Å². The van der Waals surface area contributed by atoms with Crippen LogP contribution in [0.5, 0.6) is 5.75 Å². The normalized spacial score (nSPS) is 22.5. The van der Waals surface area contributed by atoms with Crippen molar-refractivity contribution < 1.29 is 14.3 Å². The van der Waals surface area contributed by atoms with Gasteiger partial charge < -0.3 is 19.9 Å². The van der Waals surface area contributed by atoms with Crippen molar-refractivity contribution in [2.75, 3.05) is 26.7 Å². The minimum absolute atomic E-state index is 0.0793. The van der Waals surface area contributed by atoms with Gasteiger partial charge in [-0.1, -0.05) is 30.3 Å². The lowest BCUT2D eigenvalue weighted by atomic mass is 9.80. The first-order valence-electron chi connectivity index (χ1n) is 11.7. The van der Waals surface area contributed by atoms with Gasteiger partial charge >= 0.3 is 0 Å². The van der Waals surface area contributed by atoms with Gasteiger partial charge in [-0.25, -0.2) is 0 Å². The second kappa shape index (κ2) is 8.58. The first-order valence-corrected chi connectivity index (χ1v) is 11.7. The van der Waals surface area contributed by atoms with Crippen molar-refractivity contribution in [2.24, 2.45) is 0 Å². The number of nitrogens with zero attached hydrogens (tertiary/aromatic N) is 2. The molecule has 2 amide bonds. The highest BCUT2D eigenvalue weighted by Gasteiger charge is 2.43. The number of benzene rings is 2. The number of carbonyl (C=O) groups excluding carboxylic acids is 2. The zero-order chi connectivity index (χ0) is 22.1. The van der Waals surface area contributed by atoms with Crippen LogP contribution in [0.2, 0.25) is 0 Å². The van der Waals surface area contributed by atoms with Gasteiger partial charge in [-0.15, -0.1) is 0 Å². The number of amides is 2. The number of hydrogen-bond donors (Lipinski definition) is 1. The topological polar surface area (TPSA) is 61.9 Å². The molecule has 1 spiro atoms. The van der Waals surface area contributed by atoms with Crippen LogP contribution in [0.3, 0.4) is 0 Å². The number of likely N-dealkylation sites (tertiary alicyclic amines) is 2. The molecule has 1 N–H and O–H groups in total. The monoisotopic (exact) mass is 433 g/mol. The molecule has 0 bridgehead atoms. The van der Waals surface area contributed by atoms with E-state index in [1.165, 1.54) is 0 Å². The second-order valence-corrected chi connectivity index (χ2v) is 9.48. The number of fused-ring (bicyclic) bond motifs is 1. The van der Waals surface area contributed by atoms with Crippen molar-refractivity contribution in [1.82, 2.24) is 15.1 Å². The lowest BCUT2D eigenvalue weighted by molar-refractivity contribution is -0.128. The van der Waals surface area contributed by atoms with Crippen LogP contribution in [0.15, 0.2) is 48.5 Å². The van der Waals surface area contributed by atoms with Gasteiger partial charge in [-0.2, -0.15) is 0 Å². The van der Waals surface area contributed by atoms with E-state index in [0.29, 0.717) is 18.5 Å². The Kier molecular flexibility index (Phi) is 5.64. The highest BCUT2D eigenvalue weighted by atomic mass is 16.5. The number of para-hydroxylation sites is 1. The maximum Gasteiger partial charge on any atom is 0.251 e. The summed E-state index contributed by atoms with van der Waals surface area (Å²) >= 11 is 0. The molecule has 0 radical (unpaired) electrons. The van der Waals surface area contributed by atoms with Crippen molar-refractivity contribution in [3.05, 3.63) is 65.2 Å². The van der Waals surface area contributed by atoms with E-state index in [2.05, 4.69) is 23.3 Å². The standard InChI is InChI=1S/C26H31N3O3/c1-28-14-11-26(12-15-28)17-22(21-8-2-3-9-23(21)32-26)27-25(31)20-7-4-6-19(16-20)18-29-13-5-10-24(29)30/h2-4,6-9,16,22H,5,10-15,17-18H2,1H3,(H,27,31). The first-order chi connectivity index (χ1) is 15.5. The lowest BCUT2D eigenvalue weighted by Gasteiger charge is -2.46. The molecule has 0 saturated carbocycles. The van der Waals surface area contributed by atoms with Gasteiger partial charge in [-0.3, -0.25) is 9.59 Å². The summed E-state index contributed by atoms with van der Waals surface area (Å²) in [6.07, 6.45) is 4.25. The minimum Gasteiger partial charge on any atom is -0.487 e. The van der Waals surface area contributed by atoms with E-state index in [0.717, 1.165) is 62.2 Å². The van der Waals surface area contributed by atoms with Gasteiger partial charge in [0.15, 0.2) is 0 Å². The Morgan fingerprint density at radius 1 is 1.12 bits per heavy atom. The molecule has 5 rings (SSSR count). The number of piperidine rings is 1. The molecule has 3 heterocycles. The summed E-state index contributed by atoms with van der Waals surface area (Å²) in [5.41, 5.74) is 2.45. The average molecular weight is 434 g/mol. The highest BCUT2D eigenvalue weighted by molar-refractivity contribution is 5.94. The van der Waals surface area contributed by atoms with Crippen molar-refractivity contribution in [3.63, 3.8) is 0 Å². The molecule has 1 atom stereocenters. The van der Waals surface area contributed by atoms with Crippen LogP contribution in [-0.4, -0.2) is 53.9 Å². The molecule has 6 heteroatoms. The van der Waals surface area contributed by atoms with Crippen LogP contribution in [0.25, 0.3) is 0 Å². The maximum atomic E-state index is 13.3. The van der Waals surface area contributed by atoms with Crippen molar-refractivity contribution in [1.29, 1.82) is 0 Å². The van der Waals surface area contributed by atoms with Gasteiger partial charge in [0, 0.05) is 50.1 Å². The fraction of sp³-hybridized carbons (Fsp3) is 0.462. The van der Waals surface area contributed by atoms with Crippen molar-refractivity contribution in [3.8, 4) is 5.75 Å². The summed E-state index contributed by atoms with van der Waals surface area (Å²) in [7, 11) is 2.14. The van der Waals surface area contributed by atoms with Crippen LogP contribution in [-0.2, 0) is 11.3 Å². The van der Waals surface area contributed by atoms with Gasteiger partial charge in [0.05, 0.1) is 6.04 Å². The third-order valence-corrected chi connectivity index (χ3v) is 7.13. The summed E-state index contributed by atoms with van der Waals surface area (Å²) in [4.78, 5) is 29.4. The summed E-state index contributed by atoms with van der Waals surface area (Å²) in [6.45, 7) is 3.36. The predicted octanol–water partition coefficient (Wildman–Crippen LogP) is 3.53.